The number of carbonyl (C=O) groups excluding carboxylic acids is 3. The van der Waals surface area contributed by atoms with Gasteiger partial charge in [0.05, 0.1) is 18.6 Å². The number of rotatable bonds is 3. The van der Waals surface area contributed by atoms with Crippen molar-refractivity contribution in [2.24, 2.45) is 5.92 Å². The van der Waals surface area contributed by atoms with E-state index >= 15 is 0 Å². The third-order valence-corrected chi connectivity index (χ3v) is 4.73. The molecule has 0 spiro atoms. The molecule has 2 heterocycles. The van der Waals surface area contributed by atoms with Gasteiger partial charge in [-0.05, 0) is 43.5 Å². The summed E-state index contributed by atoms with van der Waals surface area (Å²) in [5, 5.41) is 5.40. The van der Waals surface area contributed by atoms with Gasteiger partial charge in [-0.15, -0.1) is 0 Å². The van der Waals surface area contributed by atoms with Gasteiger partial charge >= 0.3 is 11.8 Å². The number of carbonyl (C=O) groups is 3. The standard InChI is InChI=1S/C18H22FN3O4/c1-11-8-13(2-3-15(11)19)20-16(23)12-4-6-22(9-12)18(25)17(24)21-14-5-7-26-10-14/h2-3,8,12,14H,4-7,9-10H2,1H3,(H,20,23)(H,21,24)/t12?,14-/m0/s1. The molecule has 1 unspecified atom stereocenters. The Bertz CT molecular complexity index is 718. The molecule has 3 amide bonds. The molecule has 2 saturated heterocycles. The van der Waals surface area contributed by atoms with E-state index in [-0.39, 0.29) is 24.3 Å². The average Bonchev–Trinajstić information content (AvgIpc) is 3.29. The van der Waals surface area contributed by atoms with Crippen molar-refractivity contribution in [2.75, 3.05) is 31.6 Å². The van der Waals surface area contributed by atoms with E-state index in [0.717, 1.165) is 0 Å². The molecule has 0 aromatic heterocycles. The zero-order chi connectivity index (χ0) is 18.7. The first kappa shape index (κ1) is 18.3. The molecule has 0 radical (unpaired) electrons. The molecule has 8 heteroatoms. The average molecular weight is 363 g/mol. The van der Waals surface area contributed by atoms with E-state index in [1.165, 1.54) is 17.0 Å². The second-order valence-electron chi connectivity index (χ2n) is 6.72. The van der Waals surface area contributed by atoms with Crippen molar-refractivity contribution in [2.45, 2.75) is 25.8 Å². The number of likely N-dealkylation sites (tertiary alicyclic amines) is 1. The summed E-state index contributed by atoms with van der Waals surface area (Å²) < 4.78 is 18.5. The number of benzene rings is 1. The highest BCUT2D eigenvalue weighted by molar-refractivity contribution is 6.35. The largest absolute Gasteiger partial charge is 0.379 e. The van der Waals surface area contributed by atoms with Gasteiger partial charge in [0.25, 0.3) is 0 Å². The summed E-state index contributed by atoms with van der Waals surface area (Å²) in [6.45, 7) is 3.16. The highest BCUT2D eigenvalue weighted by Crippen LogP contribution is 2.20. The molecule has 26 heavy (non-hydrogen) atoms. The van der Waals surface area contributed by atoms with Gasteiger partial charge in [-0.3, -0.25) is 14.4 Å². The van der Waals surface area contributed by atoms with Gasteiger partial charge in [0.15, 0.2) is 0 Å². The Morgan fingerprint density at radius 2 is 2.08 bits per heavy atom. The maximum Gasteiger partial charge on any atom is 0.311 e. The van der Waals surface area contributed by atoms with Crippen molar-refractivity contribution in [1.82, 2.24) is 10.2 Å². The number of hydrogen-bond donors (Lipinski definition) is 2. The second kappa shape index (κ2) is 7.82. The Kier molecular flexibility index (Phi) is 5.51. The van der Waals surface area contributed by atoms with Crippen LogP contribution in [0.5, 0.6) is 0 Å². The molecular weight excluding hydrogens is 341 g/mol. The number of nitrogens with zero attached hydrogens (tertiary/aromatic N) is 1. The number of aryl methyl sites for hydroxylation is 1. The Balaban J connectivity index is 1.52. The van der Waals surface area contributed by atoms with E-state index in [4.69, 9.17) is 4.74 Å². The molecule has 7 nitrogen and oxygen atoms in total. The predicted octanol–water partition coefficient (Wildman–Crippen LogP) is 0.826. The number of halogens is 1. The molecular formula is C18H22FN3O4. The van der Waals surface area contributed by atoms with Gasteiger partial charge in [-0.1, -0.05) is 0 Å². The zero-order valence-corrected chi connectivity index (χ0v) is 14.6. The topological polar surface area (TPSA) is 87.7 Å². The van der Waals surface area contributed by atoms with Gasteiger partial charge in [-0.25, -0.2) is 4.39 Å². The minimum atomic E-state index is -0.657. The number of anilines is 1. The number of hydrogen-bond acceptors (Lipinski definition) is 4. The van der Waals surface area contributed by atoms with Crippen molar-refractivity contribution in [3.63, 3.8) is 0 Å². The summed E-state index contributed by atoms with van der Waals surface area (Å²) in [5.41, 5.74) is 0.955. The molecule has 0 aliphatic carbocycles. The van der Waals surface area contributed by atoms with Gasteiger partial charge in [0.1, 0.15) is 5.82 Å². The van der Waals surface area contributed by atoms with Crippen LogP contribution in [0.4, 0.5) is 10.1 Å². The third-order valence-electron chi connectivity index (χ3n) is 4.73. The SMILES string of the molecule is Cc1cc(NC(=O)C2CCN(C(=O)C(=O)N[C@H]3CCOC3)C2)ccc1F. The van der Waals surface area contributed by atoms with Crippen molar-refractivity contribution in [1.29, 1.82) is 0 Å². The van der Waals surface area contributed by atoms with Crippen molar-refractivity contribution < 1.29 is 23.5 Å². The molecule has 2 fully saturated rings. The van der Waals surface area contributed by atoms with E-state index in [1.807, 2.05) is 0 Å². The Morgan fingerprint density at radius 1 is 1.27 bits per heavy atom. The Labute approximate surface area is 150 Å². The van der Waals surface area contributed by atoms with E-state index in [9.17, 15) is 18.8 Å². The van der Waals surface area contributed by atoms with Crippen LogP contribution in [0.2, 0.25) is 0 Å². The van der Waals surface area contributed by atoms with Crippen LogP contribution >= 0.6 is 0 Å². The van der Waals surface area contributed by atoms with Crippen molar-refractivity contribution >= 4 is 23.4 Å². The molecule has 2 atom stereocenters. The number of nitrogens with one attached hydrogen (secondary N) is 2. The fraction of sp³-hybridized carbons (Fsp3) is 0.500. The van der Waals surface area contributed by atoms with Gasteiger partial charge in [0, 0.05) is 25.4 Å². The van der Waals surface area contributed by atoms with Crippen LogP contribution in [0.3, 0.4) is 0 Å². The lowest BCUT2D eigenvalue weighted by atomic mass is 10.1. The maximum absolute atomic E-state index is 13.3. The first-order chi connectivity index (χ1) is 12.4. The molecule has 3 rings (SSSR count). The third kappa shape index (κ3) is 4.19. The van der Waals surface area contributed by atoms with Crippen LogP contribution in [-0.2, 0) is 19.1 Å². The van der Waals surface area contributed by atoms with Crippen molar-refractivity contribution in [3.8, 4) is 0 Å². The Hall–Kier alpha value is -2.48. The fourth-order valence-electron chi connectivity index (χ4n) is 3.16. The molecule has 0 bridgehead atoms. The number of ether oxygens (including phenoxy) is 1. The quantitative estimate of drug-likeness (QED) is 0.779. The molecule has 2 aliphatic heterocycles. The summed E-state index contributed by atoms with van der Waals surface area (Å²) in [6.07, 6.45) is 1.18. The minimum Gasteiger partial charge on any atom is -0.379 e. The fourth-order valence-corrected chi connectivity index (χ4v) is 3.16. The predicted molar refractivity (Wildman–Crippen MR) is 91.8 cm³/mol. The first-order valence-corrected chi connectivity index (χ1v) is 8.68. The van der Waals surface area contributed by atoms with Crippen LogP contribution in [0.15, 0.2) is 18.2 Å². The monoisotopic (exact) mass is 363 g/mol. The van der Waals surface area contributed by atoms with Gasteiger partial charge < -0.3 is 20.3 Å². The maximum atomic E-state index is 13.3. The Morgan fingerprint density at radius 3 is 2.77 bits per heavy atom. The summed E-state index contributed by atoms with van der Waals surface area (Å²) in [7, 11) is 0. The van der Waals surface area contributed by atoms with E-state index in [1.54, 1.807) is 13.0 Å². The van der Waals surface area contributed by atoms with E-state index in [0.29, 0.717) is 43.9 Å². The van der Waals surface area contributed by atoms with Gasteiger partial charge in [0.2, 0.25) is 5.91 Å². The van der Waals surface area contributed by atoms with E-state index in [2.05, 4.69) is 10.6 Å². The highest BCUT2D eigenvalue weighted by Gasteiger charge is 2.34. The lowest BCUT2D eigenvalue weighted by Crippen LogP contribution is -2.46. The number of amides is 3. The van der Waals surface area contributed by atoms with Crippen LogP contribution in [0.1, 0.15) is 18.4 Å². The second-order valence-corrected chi connectivity index (χ2v) is 6.72. The summed E-state index contributed by atoms with van der Waals surface area (Å²) >= 11 is 0. The molecule has 2 N–H and O–H groups in total. The van der Waals surface area contributed by atoms with Crippen LogP contribution < -0.4 is 10.6 Å². The molecule has 0 saturated carbocycles. The smallest absolute Gasteiger partial charge is 0.311 e. The van der Waals surface area contributed by atoms with Crippen LogP contribution in [0, 0.1) is 18.7 Å². The van der Waals surface area contributed by atoms with Crippen LogP contribution in [-0.4, -0.2) is 55.0 Å². The van der Waals surface area contributed by atoms with E-state index < -0.39 is 17.7 Å². The van der Waals surface area contributed by atoms with Crippen molar-refractivity contribution in [3.05, 3.63) is 29.6 Å². The summed E-state index contributed by atoms with van der Waals surface area (Å²) in [5.74, 6) is -2.25. The molecule has 140 valence electrons. The lowest BCUT2D eigenvalue weighted by molar-refractivity contribution is -0.145. The lowest BCUT2D eigenvalue weighted by Gasteiger charge is -2.17. The minimum absolute atomic E-state index is 0.130. The molecule has 1 aromatic rings. The highest BCUT2D eigenvalue weighted by atomic mass is 19.1. The summed E-state index contributed by atoms with van der Waals surface area (Å²) in [6, 6.07) is 4.22. The molecule has 1 aromatic carbocycles. The normalized spacial score (nSPS) is 22.3. The zero-order valence-electron chi connectivity index (χ0n) is 14.6. The molecule has 2 aliphatic rings. The summed E-state index contributed by atoms with van der Waals surface area (Å²) in [4.78, 5) is 38.0. The first-order valence-electron chi connectivity index (χ1n) is 8.68. The van der Waals surface area contributed by atoms with Gasteiger partial charge in [-0.2, -0.15) is 0 Å². The van der Waals surface area contributed by atoms with Crippen LogP contribution in [0.25, 0.3) is 0 Å².